The number of nitrogens with zero attached hydrogens (tertiary/aromatic N) is 4. The predicted molar refractivity (Wildman–Crippen MR) is 102 cm³/mol. The normalized spacial score (nSPS) is 16.0. The number of aliphatic hydroxyl groups is 1. The topological polar surface area (TPSA) is 79.2 Å². The molecule has 3 heterocycles. The summed E-state index contributed by atoms with van der Waals surface area (Å²) >= 11 is 0. The van der Waals surface area contributed by atoms with Gasteiger partial charge in [-0.1, -0.05) is 0 Å². The second kappa shape index (κ2) is 7.54. The molecular formula is C20H25N5O2. The minimum absolute atomic E-state index is 0.534. The molecule has 27 heavy (non-hydrogen) atoms. The fourth-order valence-electron chi connectivity index (χ4n) is 3.57. The van der Waals surface area contributed by atoms with Crippen molar-refractivity contribution in [1.82, 2.24) is 24.9 Å². The maximum atomic E-state index is 9.81. The Kier molecular flexibility index (Phi) is 4.96. The van der Waals surface area contributed by atoms with Crippen molar-refractivity contribution in [2.75, 3.05) is 13.7 Å². The van der Waals surface area contributed by atoms with Gasteiger partial charge in [-0.2, -0.15) is 10.2 Å². The van der Waals surface area contributed by atoms with Gasteiger partial charge in [0, 0.05) is 37.3 Å². The summed E-state index contributed by atoms with van der Waals surface area (Å²) in [4.78, 5) is 2.41. The Balaban J connectivity index is 1.53. The molecule has 0 fully saturated rings. The van der Waals surface area contributed by atoms with Gasteiger partial charge in [-0.05, 0) is 43.7 Å². The first-order chi connectivity index (χ1) is 13.1. The van der Waals surface area contributed by atoms with Crippen molar-refractivity contribution in [1.29, 1.82) is 0 Å². The molecule has 0 saturated heterocycles. The number of aromatic nitrogens is 4. The van der Waals surface area contributed by atoms with Gasteiger partial charge in [0.05, 0.1) is 36.5 Å². The summed E-state index contributed by atoms with van der Waals surface area (Å²) in [6, 6.07) is 10.0. The summed E-state index contributed by atoms with van der Waals surface area (Å²) in [5.41, 5.74) is 5.20. The van der Waals surface area contributed by atoms with Crippen LogP contribution in [0.5, 0.6) is 5.75 Å². The van der Waals surface area contributed by atoms with E-state index in [1.165, 1.54) is 5.56 Å². The Labute approximate surface area is 158 Å². The average Bonchev–Trinajstić information content (AvgIpc) is 3.25. The molecule has 7 nitrogen and oxygen atoms in total. The first kappa shape index (κ1) is 17.8. The van der Waals surface area contributed by atoms with E-state index in [1.807, 2.05) is 41.2 Å². The van der Waals surface area contributed by atoms with Gasteiger partial charge < -0.3 is 9.84 Å². The van der Waals surface area contributed by atoms with Gasteiger partial charge >= 0.3 is 0 Å². The van der Waals surface area contributed by atoms with Gasteiger partial charge in [-0.3, -0.25) is 14.7 Å². The van der Waals surface area contributed by atoms with Crippen molar-refractivity contribution in [3.63, 3.8) is 0 Å². The van der Waals surface area contributed by atoms with Gasteiger partial charge in [0.2, 0.25) is 0 Å². The lowest BCUT2D eigenvalue weighted by atomic mass is 10.1. The van der Waals surface area contributed by atoms with Crippen molar-refractivity contribution >= 4 is 0 Å². The van der Waals surface area contributed by atoms with Gasteiger partial charge in [-0.25, -0.2) is 0 Å². The highest BCUT2D eigenvalue weighted by Crippen LogP contribution is 2.26. The number of benzene rings is 1. The Morgan fingerprint density at radius 1 is 1.26 bits per heavy atom. The third-order valence-electron chi connectivity index (χ3n) is 5.03. The Hall–Kier alpha value is -2.64. The molecule has 0 unspecified atom stereocenters. The smallest absolute Gasteiger partial charge is 0.118 e. The Morgan fingerprint density at radius 3 is 2.81 bits per heavy atom. The van der Waals surface area contributed by atoms with Gasteiger partial charge in [0.25, 0.3) is 0 Å². The molecule has 7 heteroatoms. The largest absolute Gasteiger partial charge is 0.497 e. The number of hydrogen-bond donors (Lipinski definition) is 2. The number of hydrogen-bond acceptors (Lipinski definition) is 5. The van der Waals surface area contributed by atoms with E-state index in [-0.39, 0.29) is 0 Å². The fourth-order valence-corrected chi connectivity index (χ4v) is 3.57. The number of rotatable bonds is 5. The molecule has 0 spiro atoms. The van der Waals surface area contributed by atoms with E-state index < -0.39 is 6.10 Å². The maximum absolute atomic E-state index is 9.81. The summed E-state index contributed by atoms with van der Waals surface area (Å²) in [7, 11) is 1.67. The molecule has 2 aromatic heterocycles. The Morgan fingerprint density at radius 2 is 2.07 bits per heavy atom. The van der Waals surface area contributed by atoms with Crippen molar-refractivity contribution in [3.8, 4) is 17.0 Å². The summed E-state index contributed by atoms with van der Waals surface area (Å²) in [5, 5.41) is 21.7. The van der Waals surface area contributed by atoms with Crippen LogP contribution >= 0.6 is 0 Å². The molecule has 4 rings (SSSR count). The lowest BCUT2D eigenvalue weighted by molar-refractivity contribution is 0.193. The second-order valence-electron chi connectivity index (χ2n) is 7.02. The number of H-pyrrole nitrogens is 1. The summed E-state index contributed by atoms with van der Waals surface area (Å²) in [6.07, 6.45) is 2.40. The molecule has 0 saturated carbocycles. The van der Waals surface area contributed by atoms with E-state index >= 15 is 0 Å². The van der Waals surface area contributed by atoms with Gasteiger partial charge in [0.1, 0.15) is 5.75 Å². The number of methoxy groups -OCH3 is 1. The first-order valence-corrected chi connectivity index (χ1v) is 9.28. The molecule has 2 N–H and O–H groups in total. The van der Waals surface area contributed by atoms with Crippen LogP contribution < -0.4 is 4.74 Å². The van der Waals surface area contributed by atoms with E-state index in [0.29, 0.717) is 0 Å². The molecule has 0 aliphatic carbocycles. The molecule has 0 bridgehead atoms. The van der Waals surface area contributed by atoms with Crippen molar-refractivity contribution in [2.24, 2.45) is 0 Å². The van der Waals surface area contributed by atoms with Crippen LogP contribution in [0.2, 0.25) is 0 Å². The van der Waals surface area contributed by atoms with Crippen LogP contribution in [0.1, 0.15) is 36.4 Å². The number of aryl methyl sites for hydroxylation is 1. The van der Waals surface area contributed by atoms with E-state index in [2.05, 4.69) is 20.2 Å². The van der Waals surface area contributed by atoms with Gasteiger partial charge in [0.15, 0.2) is 0 Å². The number of nitrogens with one attached hydrogen (secondary N) is 1. The number of aliphatic hydroxyl groups excluding tert-OH is 1. The summed E-state index contributed by atoms with van der Waals surface area (Å²) < 4.78 is 7.27. The molecule has 1 aliphatic rings. The third kappa shape index (κ3) is 3.74. The zero-order chi connectivity index (χ0) is 18.8. The number of ether oxygens (including phenoxy) is 1. The molecular weight excluding hydrogens is 342 g/mol. The second-order valence-corrected chi connectivity index (χ2v) is 7.02. The number of aromatic amines is 1. The van der Waals surface area contributed by atoms with Crippen LogP contribution in [-0.2, 0) is 19.6 Å². The first-order valence-electron chi connectivity index (χ1n) is 9.28. The van der Waals surface area contributed by atoms with Crippen LogP contribution in [0.25, 0.3) is 11.3 Å². The van der Waals surface area contributed by atoms with Crippen LogP contribution in [0.15, 0.2) is 36.5 Å². The standard InChI is InChI=1S/C20H25N5O2/c1-14(26)19-10-17-13-24(8-3-9-25(17)23-19)12-16-11-21-22-20(16)15-4-6-18(27-2)7-5-15/h4-7,10-11,14,26H,3,8-9,12-13H2,1-2H3,(H,21,22)/t14-/m0/s1. The third-order valence-corrected chi connectivity index (χ3v) is 5.03. The van der Waals surface area contributed by atoms with E-state index in [0.717, 1.165) is 61.0 Å². The van der Waals surface area contributed by atoms with E-state index in [9.17, 15) is 5.11 Å². The molecule has 1 aromatic carbocycles. The highest BCUT2D eigenvalue weighted by atomic mass is 16.5. The van der Waals surface area contributed by atoms with Crippen LogP contribution in [0.4, 0.5) is 0 Å². The zero-order valence-corrected chi connectivity index (χ0v) is 15.7. The lowest BCUT2D eigenvalue weighted by Crippen LogP contribution is -2.22. The summed E-state index contributed by atoms with van der Waals surface area (Å²) in [5.74, 6) is 0.842. The number of fused-ring (bicyclic) bond motifs is 1. The predicted octanol–water partition coefficient (Wildman–Crippen LogP) is 2.74. The quantitative estimate of drug-likeness (QED) is 0.725. The zero-order valence-electron chi connectivity index (χ0n) is 15.7. The Bertz CT molecular complexity index is 897. The summed E-state index contributed by atoms with van der Waals surface area (Å²) in [6.45, 7) is 5.27. The highest BCUT2D eigenvalue weighted by molar-refractivity contribution is 5.63. The van der Waals surface area contributed by atoms with Crippen LogP contribution in [0.3, 0.4) is 0 Å². The molecule has 1 aliphatic heterocycles. The van der Waals surface area contributed by atoms with Crippen LogP contribution in [-0.4, -0.2) is 43.6 Å². The molecule has 0 amide bonds. The molecule has 3 aromatic rings. The fraction of sp³-hybridized carbons (Fsp3) is 0.400. The molecule has 142 valence electrons. The molecule has 0 radical (unpaired) electrons. The van der Waals surface area contributed by atoms with Crippen molar-refractivity contribution in [2.45, 2.75) is 39.1 Å². The SMILES string of the molecule is COc1ccc(-c2[nH]ncc2CN2CCCn3nc([C@H](C)O)cc3C2)cc1. The molecule has 1 atom stereocenters. The lowest BCUT2D eigenvalue weighted by Gasteiger charge is -2.19. The van der Waals surface area contributed by atoms with E-state index in [4.69, 9.17) is 4.74 Å². The highest BCUT2D eigenvalue weighted by Gasteiger charge is 2.20. The minimum atomic E-state index is -0.534. The van der Waals surface area contributed by atoms with Crippen molar-refractivity contribution < 1.29 is 9.84 Å². The maximum Gasteiger partial charge on any atom is 0.118 e. The van der Waals surface area contributed by atoms with Crippen molar-refractivity contribution in [3.05, 3.63) is 53.5 Å². The minimum Gasteiger partial charge on any atom is -0.497 e. The van der Waals surface area contributed by atoms with Gasteiger partial charge in [-0.15, -0.1) is 0 Å². The van der Waals surface area contributed by atoms with Crippen LogP contribution in [0, 0.1) is 0 Å². The monoisotopic (exact) mass is 367 g/mol. The average molecular weight is 367 g/mol. The van der Waals surface area contributed by atoms with E-state index in [1.54, 1.807) is 14.0 Å².